The summed E-state index contributed by atoms with van der Waals surface area (Å²) >= 11 is 0. The number of rotatable bonds is 5. The Balaban J connectivity index is 2.52. The van der Waals surface area contributed by atoms with Gasteiger partial charge in [-0.15, -0.1) is 0 Å². The molecule has 2 rings (SSSR count). The summed E-state index contributed by atoms with van der Waals surface area (Å²) in [6.07, 6.45) is 0. The van der Waals surface area contributed by atoms with Crippen LogP contribution in [0.5, 0.6) is 0 Å². The lowest BCUT2D eigenvalue weighted by Crippen LogP contribution is -2.23. The van der Waals surface area contributed by atoms with Crippen LogP contribution >= 0.6 is 0 Å². The van der Waals surface area contributed by atoms with Crippen molar-refractivity contribution in [2.24, 2.45) is 0 Å². The zero-order chi connectivity index (χ0) is 16.3. The van der Waals surface area contributed by atoms with Crippen molar-refractivity contribution in [1.29, 1.82) is 0 Å². The third kappa shape index (κ3) is 3.43. The van der Waals surface area contributed by atoms with Gasteiger partial charge in [0.15, 0.2) is 0 Å². The minimum atomic E-state index is -3.66. The van der Waals surface area contributed by atoms with Crippen LogP contribution in [0.4, 0.5) is 11.4 Å². The first kappa shape index (κ1) is 16.0. The second kappa shape index (κ2) is 6.15. The van der Waals surface area contributed by atoms with Crippen molar-refractivity contribution >= 4 is 21.4 Å². The average molecular weight is 320 g/mol. The van der Waals surface area contributed by atoms with Gasteiger partial charge in [0.05, 0.1) is 10.2 Å². The highest BCUT2D eigenvalue weighted by Crippen LogP contribution is 2.31. The molecule has 0 aromatic heterocycles. The highest BCUT2D eigenvalue weighted by molar-refractivity contribution is 7.93. The van der Waals surface area contributed by atoms with Gasteiger partial charge in [0.25, 0.3) is 5.69 Å². The van der Waals surface area contributed by atoms with Crippen molar-refractivity contribution in [2.75, 3.05) is 4.72 Å². The number of sulfonamides is 1. The van der Waals surface area contributed by atoms with Crippen LogP contribution in [0.1, 0.15) is 13.8 Å². The molecule has 0 aliphatic rings. The first-order valence-corrected chi connectivity index (χ1v) is 8.21. The Labute approximate surface area is 129 Å². The van der Waals surface area contributed by atoms with Crippen molar-refractivity contribution in [2.45, 2.75) is 19.1 Å². The number of nitro groups is 1. The SMILES string of the molecule is CC(C)S(=O)(=O)Nc1cc(-c2ccccc2)ccc1[N+](=O)[O-]. The molecule has 116 valence electrons. The molecule has 0 unspecified atom stereocenters. The molecule has 0 saturated carbocycles. The molecule has 6 nitrogen and oxygen atoms in total. The zero-order valence-corrected chi connectivity index (χ0v) is 13.0. The maximum Gasteiger partial charge on any atom is 0.293 e. The number of nitrogens with one attached hydrogen (secondary N) is 1. The van der Waals surface area contributed by atoms with E-state index in [1.807, 2.05) is 30.3 Å². The van der Waals surface area contributed by atoms with Crippen LogP contribution in [0.15, 0.2) is 48.5 Å². The van der Waals surface area contributed by atoms with E-state index in [1.54, 1.807) is 6.07 Å². The lowest BCUT2D eigenvalue weighted by Gasteiger charge is -2.12. The Kier molecular flexibility index (Phi) is 4.46. The summed E-state index contributed by atoms with van der Waals surface area (Å²) in [5.74, 6) is 0. The third-order valence-electron chi connectivity index (χ3n) is 3.17. The summed E-state index contributed by atoms with van der Waals surface area (Å²) in [7, 11) is -3.66. The first-order chi connectivity index (χ1) is 10.3. The fraction of sp³-hybridized carbons (Fsp3) is 0.200. The number of hydrogen-bond acceptors (Lipinski definition) is 4. The highest BCUT2D eigenvalue weighted by atomic mass is 32.2. The highest BCUT2D eigenvalue weighted by Gasteiger charge is 2.22. The maximum atomic E-state index is 12.0. The molecule has 0 saturated heterocycles. The van der Waals surface area contributed by atoms with Crippen LogP contribution in [-0.2, 0) is 10.0 Å². The lowest BCUT2D eigenvalue weighted by molar-refractivity contribution is -0.383. The topological polar surface area (TPSA) is 89.3 Å². The van der Waals surface area contributed by atoms with Gasteiger partial charge in [-0.3, -0.25) is 14.8 Å². The maximum absolute atomic E-state index is 12.0. The predicted molar refractivity (Wildman–Crippen MR) is 86.2 cm³/mol. The second-order valence-electron chi connectivity index (χ2n) is 5.05. The van der Waals surface area contributed by atoms with E-state index in [9.17, 15) is 18.5 Å². The Morgan fingerprint density at radius 2 is 1.68 bits per heavy atom. The molecular formula is C15H16N2O4S. The Bertz CT molecular complexity index is 786. The summed E-state index contributed by atoms with van der Waals surface area (Å²) in [6, 6.07) is 13.6. The van der Waals surface area contributed by atoms with Gasteiger partial charge in [-0.1, -0.05) is 30.3 Å². The Morgan fingerprint density at radius 3 is 2.23 bits per heavy atom. The molecule has 0 aliphatic carbocycles. The van der Waals surface area contributed by atoms with Gasteiger partial charge in [-0.25, -0.2) is 8.42 Å². The van der Waals surface area contributed by atoms with Crippen molar-refractivity contribution in [3.8, 4) is 11.1 Å². The van der Waals surface area contributed by atoms with E-state index in [0.29, 0.717) is 5.56 Å². The van der Waals surface area contributed by atoms with Crippen molar-refractivity contribution < 1.29 is 13.3 Å². The molecular weight excluding hydrogens is 304 g/mol. The number of anilines is 1. The van der Waals surface area contributed by atoms with Gasteiger partial charge < -0.3 is 0 Å². The summed E-state index contributed by atoms with van der Waals surface area (Å²) in [6.45, 7) is 3.02. The van der Waals surface area contributed by atoms with E-state index < -0.39 is 20.2 Å². The van der Waals surface area contributed by atoms with Gasteiger partial charge in [0, 0.05) is 6.07 Å². The predicted octanol–water partition coefficient (Wildman–Crippen LogP) is 3.41. The van der Waals surface area contributed by atoms with Gasteiger partial charge in [0.2, 0.25) is 10.0 Å². The molecule has 22 heavy (non-hydrogen) atoms. The van der Waals surface area contributed by atoms with Gasteiger partial charge in [-0.05, 0) is 37.1 Å². The van der Waals surface area contributed by atoms with Gasteiger partial charge >= 0.3 is 0 Å². The second-order valence-corrected chi connectivity index (χ2v) is 7.29. The molecule has 0 bridgehead atoms. The molecule has 1 N–H and O–H groups in total. The third-order valence-corrected chi connectivity index (χ3v) is 4.92. The quantitative estimate of drug-likeness (QED) is 0.675. The smallest absolute Gasteiger partial charge is 0.277 e. The van der Waals surface area contributed by atoms with Crippen LogP contribution in [0.3, 0.4) is 0 Å². The molecule has 7 heteroatoms. The monoisotopic (exact) mass is 320 g/mol. The fourth-order valence-corrected chi connectivity index (χ4v) is 2.56. The minimum Gasteiger partial charge on any atom is -0.277 e. The minimum absolute atomic E-state index is 0.0277. The zero-order valence-electron chi connectivity index (χ0n) is 12.2. The summed E-state index contributed by atoms with van der Waals surface area (Å²) < 4.78 is 26.3. The molecule has 0 fully saturated rings. The van der Waals surface area contributed by atoms with Crippen LogP contribution < -0.4 is 4.72 Å². The van der Waals surface area contributed by atoms with Gasteiger partial charge in [0.1, 0.15) is 5.69 Å². The van der Waals surface area contributed by atoms with Crippen molar-refractivity contribution in [3.63, 3.8) is 0 Å². The van der Waals surface area contributed by atoms with Gasteiger partial charge in [-0.2, -0.15) is 0 Å². The van der Waals surface area contributed by atoms with E-state index in [-0.39, 0.29) is 11.4 Å². The molecule has 0 heterocycles. The van der Waals surface area contributed by atoms with E-state index in [0.717, 1.165) is 5.56 Å². The molecule has 0 radical (unpaired) electrons. The number of benzene rings is 2. The molecule has 0 amide bonds. The van der Waals surface area contributed by atoms with Crippen LogP contribution in [-0.4, -0.2) is 18.6 Å². The molecule has 0 aliphatic heterocycles. The van der Waals surface area contributed by atoms with Crippen molar-refractivity contribution in [1.82, 2.24) is 0 Å². The fourth-order valence-electron chi connectivity index (χ4n) is 1.86. The summed E-state index contributed by atoms with van der Waals surface area (Å²) in [5.41, 5.74) is 1.25. The number of hydrogen-bond donors (Lipinski definition) is 1. The van der Waals surface area contributed by atoms with E-state index >= 15 is 0 Å². The Hall–Kier alpha value is -2.41. The number of nitrogens with zero attached hydrogens (tertiary/aromatic N) is 1. The first-order valence-electron chi connectivity index (χ1n) is 6.67. The normalized spacial score (nSPS) is 11.4. The molecule has 2 aromatic carbocycles. The van der Waals surface area contributed by atoms with E-state index in [2.05, 4.69) is 4.72 Å². The summed E-state index contributed by atoms with van der Waals surface area (Å²) in [4.78, 5) is 10.5. The largest absolute Gasteiger partial charge is 0.293 e. The standard InChI is InChI=1S/C15H16N2O4S/c1-11(2)22(20,21)16-14-10-13(8-9-15(14)17(18)19)12-6-4-3-5-7-12/h3-11,16H,1-2H3. The lowest BCUT2D eigenvalue weighted by atomic mass is 10.0. The van der Waals surface area contributed by atoms with E-state index in [4.69, 9.17) is 0 Å². The molecule has 0 spiro atoms. The van der Waals surface area contributed by atoms with Crippen LogP contribution in [0, 0.1) is 10.1 Å². The van der Waals surface area contributed by atoms with Crippen molar-refractivity contribution in [3.05, 3.63) is 58.6 Å². The number of nitro benzene ring substituents is 1. The van der Waals surface area contributed by atoms with E-state index in [1.165, 1.54) is 26.0 Å². The van der Waals surface area contributed by atoms with Crippen LogP contribution in [0.2, 0.25) is 0 Å². The average Bonchev–Trinajstić information content (AvgIpc) is 2.47. The Morgan fingerprint density at radius 1 is 1.05 bits per heavy atom. The van der Waals surface area contributed by atoms with Crippen LogP contribution in [0.25, 0.3) is 11.1 Å². The molecule has 0 atom stereocenters. The summed E-state index contributed by atoms with van der Waals surface area (Å²) in [5, 5.41) is 10.4. The molecule has 2 aromatic rings.